The molecule has 0 N–H and O–H groups in total. The smallest absolute Gasteiger partial charge is 0.423 e. The van der Waals surface area contributed by atoms with Crippen molar-refractivity contribution < 1.29 is 39.9 Å². The molecule has 0 spiro atoms. The summed E-state index contributed by atoms with van der Waals surface area (Å²) in [4.78, 5) is 0. The maximum absolute atomic E-state index is 15.1. The molecule has 1 nitrogen and oxygen atoms in total. The molecular weight excluding hydrogens is 540 g/mol. The van der Waals surface area contributed by atoms with Gasteiger partial charge in [-0.2, -0.15) is 26.3 Å². The van der Waals surface area contributed by atoms with Crippen LogP contribution in [0.3, 0.4) is 0 Å². The minimum absolute atomic E-state index is 0.113. The number of halogens is 8. The van der Waals surface area contributed by atoms with Crippen molar-refractivity contribution in [1.82, 2.24) is 0 Å². The first-order valence-corrected chi connectivity index (χ1v) is 13.4. The van der Waals surface area contributed by atoms with Crippen molar-refractivity contribution in [2.45, 2.75) is 76.5 Å². The highest BCUT2D eigenvalue weighted by Crippen LogP contribution is 2.41. The Balaban J connectivity index is 1.46. The molecule has 0 unspecified atom stereocenters. The van der Waals surface area contributed by atoms with Crippen molar-refractivity contribution in [2.75, 3.05) is 0 Å². The molecule has 0 radical (unpaired) electrons. The maximum Gasteiger partial charge on any atom is 0.499 e. The lowest BCUT2D eigenvalue weighted by molar-refractivity contribution is -0.361. The zero-order valence-corrected chi connectivity index (χ0v) is 21.9. The molecule has 3 aromatic rings. The Kier molecular flexibility index (Phi) is 9.10. The van der Waals surface area contributed by atoms with E-state index >= 15 is 4.39 Å². The standard InChI is InChI=1S/C31H30F8O/c1-2-3-4-5-19-6-8-20(9-7-19)23-14-15-24(26(32)18-23)21-10-12-22(13-11-21)25-16-17-27(29(34)28(25)33)40-31(38,39)30(35,36)37/h10-20H,2-9H2,1H3. The van der Waals surface area contributed by atoms with Crippen LogP contribution in [0.5, 0.6) is 5.75 Å². The van der Waals surface area contributed by atoms with Gasteiger partial charge in [0, 0.05) is 11.1 Å². The molecule has 3 aromatic carbocycles. The number of benzene rings is 3. The van der Waals surface area contributed by atoms with E-state index in [1.54, 1.807) is 12.1 Å². The molecular formula is C31H30F8O. The monoisotopic (exact) mass is 570 g/mol. The van der Waals surface area contributed by atoms with E-state index in [-0.39, 0.29) is 11.1 Å². The Labute approximate surface area is 228 Å². The third-order valence-corrected chi connectivity index (χ3v) is 7.65. The van der Waals surface area contributed by atoms with E-state index in [0.717, 1.165) is 43.2 Å². The van der Waals surface area contributed by atoms with Gasteiger partial charge in [0.15, 0.2) is 11.6 Å². The molecule has 1 fully saturated rings. The van der Waals surface area contributed by atoms with Gasteiger partial charge in [-0.3, -0.25) is 0 Å². The average molecular weight is 571 g/mol. The van der Waals surface area contributed by atoms with Crippen LogP contribution >= 0.6 is 0 Å². The SMILES string of the molecule is CCCCCC1CCC(c2ccc(-c3ccc(-c4ccc(OC(F)(F)C(F)(F)F)c(F)c4F)cc3)c(F)c2)CC1. The Hall–Kier alpha value is -3.10. The van der Waals surface area contributed by atoms with Gasteiger partial charge in [0.2, 0.25) is 5.82 Å². The van der Waals surface area contributed by atoms with Crippen LogP contribution in [0.4, 0.5) is 35.1 Å². The number of alkyl halides is 5. The van der Waals surface area contributed by atoms with Gasteiger partial charge in [-0.05, 0) is 72.4 Å². The van der Waals surface area contributed by atoms with Crippen LogP contribution in [0.2, 0.25) is 0 Å². The normalized spacial score (nSPS) is 18.1. The highest BCUT2D eigenvalue weighted by Gasteiger charge is 2.61. The number of unbranched alkanes of at least 4 members (excludes halogenated alkanes) is 2. The van der Waals surface area contributed by atoms with Gasteiger partial charge in [0.05, 0.1) is 0 Å². The second-order valence-electron chi connectivity index (χ2n) is 10.4. The van der Waals surface area contributed by atoms with Gasteiger partial charge in [0.1, 0.15) is 5.82 Å². The van der Waals surface area contributed by atoms with Gasteiger partial charge in [-0.1, -0.05) is 69.0 Å². The first kappa shape index (κ1) is 29.9. The van der Waals surface area contributed by atoms with Crippen LogP contribution in [0, 0.1) is 23.4 Å². The molecule has 1 saturated carbocycles. The summed E-state index contributed by atoms with van der Waals surface area (Å²) >= 11 is 0. The van der Waals surface area contributed by atoms with Gasteiger partial charge in [0.25, 0.3) is 0 Å². The predicted octanol–water partition coefficient (Wildman–Crippen LogP) is 10.8. The number of ether oxygens (including phenoxy) is 1. The van der Waals surface area contributed by atoms with E-state index in [1.807, 2.05) is 6.07 Å². The first-order chi connectivity index (χ1) is 18.9. The molecule has 1 aliphatic carbocycles. The third kappa shape index (κ3) is 6.61. The Morgan fingerprint density at radius 3 is 1.90 bits per heavy atom. The van der Waals surface area contributed by atoms with Crippen molar-refractivity contribution in [3.8, 4) is 28.0 Å². The minimum atomic E-state index is -6.11. The van der Waals surface area contributed by atoms with E-state index in [1.165, 1.54) is 49.9 Å². The molecule has 0 saturated heterocycles. The van der Waals surface area contributed by atoms with E-state index in [2.05, 4.69) is 11.7 Å². The van der Waals surface area contributed by atoms with E-state index in [9.17, 15) is 30.7 Å². The molecule has 9 heteroatoms. The van der Waals surface area contributed by atoms with Crippen LogP contribution in [0.25, 0.3) is 22.3 Å². The average Bonchev–Trinajstić information content (AvgIpc) is 2.91. The van der Waals surface area contributed by atoms with Crippen LogP contribution in [0.1, 0.15) is 69.8 Å². The molecule has 4 rings (SSSR count). The maximum atomic E-state index is 15.1. The van der Waals surface area contributed by atoms with E-state index in [0.29, 0.717) is 23.1 Å². The van der Waals surface area contributed by atoms with Crippen molar-refractivity contribution in [3.05, 3.63) is 77.6 Å². The zero-order chi connectivity index (χ0) is 29.1. The molecule has 40 heavy (non-hydrogen) atoms. The fourth-order valence-corrected chi connectivity index (χ4v) is 5.35. The number of hydrogen-bond acceptors (Lipinski definition) is 1. The van der Waals surface area contributed by atoms with Gasteiger partial charge < -0.3 is 4.74 Å². The van der Waals surface area contributed by atoms with Crippen molar-refractivity contribution >= 4 is 0 Å². The number of hydrogen-bond donors (Lipinski definition) is 0. The minimum Gasteiger partial charge on any atom is -0.423 e. The summed E-state index contributed by atoms with van der Waals surface area (Å²) in [6.07, 6.45) is -2.46. The van der Waals surface area contributed by atoms with Gasteiger partial charge in [-0.25, -0.2) is 8.78 Å². The second kappa shape index (κ2) is 12.2. The van der Waals surface area contributed by atoms with Crippen LogP contribution in [-0.2, 0) is 0 Å². The van der Waals surface area contributed by atoms with Gasteiger partial charge >= 0.3 is 12.3 Å². The molecule has 0 aromatic heterocycles. The molecule has 216 valence electrons. The van der Waals surface area contributed by atoms with E-state index in [4.69, 9.17) is 0 Å². The van der Waals surface area contributed by atoms with Crippen molar-refractivity contribution in [1.29, 1.82) is 0 Å². The Morgan fingerprint density at radius 2 is 1.32 bits per heavy atom. The summed E-state index contributed by atoms with van der Waals surface area (Å²) < 4.78 is 111. The highest BCUT2D eigenvalue weighted by molar-refractivity contribution is 5.71. The summed E-state index contributed by atoms with van der Waals surface area (Å²) in [7, 11) is 0. The summed E-state index contributed by atoms with van der Waals surface area (Å²) in [5, 5.41) is 0. The van der Waals surface area contributed by atoms with Crippen LogP contribution < -0.4 is 4.74 Å². The summed E-state index contributed by atoms with van der Waals surface area (Å²) in [5.74, 6) is -4.56. The van der Waals surface area contributed by atoms with E-state index < -0.39 is 35.5 Å². The lowest BCUT2D eigenvalue weighted by atomic mass is 9.77. The topological polar surface area (TPSA) is 9.23 Å². The van der Waals surface area contributed by atoms with Crippen molar-refractivity contribution in [3.63, 3.8) is 0 Å². The molecule has 0 aliphatic heterocycles. The van der Waals surface area contributed by atoms with Crippen LogP contribution in [0.15, 0.2) is 54.6 Å². The Bertz CT molecular complexity index is 1290. The van der Waals surface area contributed by atoms with Crippen molar-refractivity contribution in [2.24, 2.45) is 5.92 Å². The second-order valence-corrected chi connectivity index (χ2v) is 10.4. The summed E-state index contributed by atoms with van der Waals surface area (Å²) in [5.41, 5.74) is 1.50. The third-order valence-electron chi connectivity index (χ3n) is 7.65. The quantitative estimate of drug-likeness (QED) is 0.184. The largest absolute Gasteiger partial charge is 0.499 e. The first-order valence-electron chi connectivity index (χ1n) is 13.4. The van der Waals surface area contributed by atoms with Gasteiger partial charge in [-0.15, -0.1) is 0 Å². The summed E-state index contributed by atoms with van der Waals surface area (Å²) in [6.45, 7) is 2.19. The zero-order valence-electron chi connectivity index (χ0n) is 21.9. The lowest BCUT2D eigenvalue weighted by Crippen LogP contribution is -2.42. The molecule has 1 aliphatic rings. The molecule has 0 bridgehead atoms. The Morgan fingerprint density at radius 1 is 0.725 bits per heavy atom. The van der Waals surface area contributed by atoms with Crippen LogP contribution in [-0.4, -0.2) is 12.3 Å². The highest BCUT2D eigenvalue weighted by atomic mass is 19.4. The summed E-state index contributed by atoms with van der Waals surface area (Å²) in [6, 6.07) is 12.2. The molecule has 0 amide bonds. The molecule has 0 heterocycles. The number of rotatable bonds is 9. The fourth-order valence-electron chi connectivity index (χ4n) is 5.35. The lowest BCUT2D eigenvalue weighted by Gasteiger charge is -2.29. The predicted molar refractivity (Wildman–Crippen MR) is 138 cm³/mol. The fraction of sp³-hybridized carbons (Fsp3) is 0.419. The molecule has 0 atom stereocenters.